The Bertz CT molecular complexity index is 559. The molecule has 1 aliphatic rings. The van der Waals surface area contributed by atoms with E-state index in [-0.39, 0.29) is 30.9 Å². The first kappa shape index (κ1) is 15.0. The number of sulfonamides is 1. The van der Waals surface area contributed by atoms with Gasteiger partial charge in [0.05, 0.1) is 18.4 Å². The molecule has 1 N–H and O–H groups in total. The number of para-hydroxylation sites is 1. The van der Waals surface area contributed by atoms with Gasteiger partial charge in [0.25, 0.3) is 5.91 Å². The zero-order chi connectivity index (χ0) is 14.6. The van der Waals surface area contributed by atoms with Crippen molar-refractivity contribution in [2.24, 2.45) is 0 Å². The SMILES string of the molecule is CCS(=O)(=O)NCC1CN(c2ccccc2)C(=O)CO1. The summed E-state index contributed by atoms with van der Waals surface area (Å²) in [5.41, 5.74) is 0.796. The first-order valence-electron chi connectivity index (χ1n) is 6.46. The summed E-state index contributed by atoms with van der Waals surface area (Å²) in [5.74, 6) is -0.0908. The van der Waals surface area contributed by atoms with Gasteiger partial charge in [-0.1, -0.05) is 18.2 Å². The second kappa shape index (κ2) is 6.34. The highest BCUT2D eigenvalue weighted by Gasteiger charge is 2.27. The summed E-state index contributed by atoms with van der Waals surface area (Å²) in [7, 11) is -3.25. The third kappa shape index (κ3) is 3.78. The number of rotatable bonds is 5. The molecule has 20 heavy (non-hydrogen) atoms. The summed E-state index contributed by atoms with van der Waals surface area (Å²) in [6.45, 7) is 2.05. The largest absolute Gasteiger partial charge is 0.365 e. The van der Waals surface area contributed by atoms with Gasteiger partial charge in [0, 0.05) is 12.2 Å². The van der Waals surface area contributed by atoms with E-state index < -0.39 is 10.0 Å². The van der Waals surface area contributed by atoms with Crippen molar-refractivity contribution in [2.45, 2.75) is 13.0 Å². The number of amides is 1. The number of hydrogen-bond acceptors (Lipinski definition) is 4. The minimum absolute atomic E-state index is 0.0288. The average molecular weight is 298 g/mol. The Hall–Kier alpha value is -1.44. The standard InChI is InChI=1S/C13H18N2O4S/c1-2-20(17,18)14-8-12-9-15(13(16)10-19-12)11-6-4-3-5-7-11/h3-7,12,14H,2,8-10H2,1H3. The predicted molar refractivity (Wildman–Crippen MR) is 76.0 cm³/mol. The van der Waals surface area contributed by atoms with Gasteiger partial charge in [-0.05, 0) is 19.1 Å². The summed E-state index contributed by atoms with van der Waals surface area (Å²) in [5, 5.41) is 0. The molecule has 0 aromatic heterocycles. The number of carbonyl (C=O) groups is 1. The maximum atomic E-state index is 11.9. The van der Waals surface area contributed by atoms with Gasteiger partial charge in [-0.25, -0.2) is 13.1 Å². The number of anilines is 1. The third-order valence-electron chi connectivity index (χ3n) is 3.11. The second-order valence-electron chi connectivity index (χ2n) is 4.52. The zero-order valence-electron chi connectivity index (χ0n) is 11.3. The van der Waals surface area contributed by atoms with Gasteiger partial charge in [-0.3, -0.25) is 4.79 Å². The molecular weight excluding hydrogens is 280 g/mol. The van der Waals surface area contributed by atoms with Crippen molar-refractivity contribution < 1.29 is 17.9 Å². The lowest BCUT2D eigenvalue weighted by atomic mass is 10.2. The molecule has 0 bridgehead atoms. The lowest BCUT2D eigenvalue weighted by molar-refractivity contribution is -0.129. The third-order valence-corrected chi connectivity index (χ3v) is 4.48. The number of carbonyl (C=O) groups excluding carboxylic acids is 1. The quantitative estimate of drug-likeness (QED) is 0.851. The van der Waals surface area contributed by atoms with E-state index in [0.29, 0.717) is 6.54 Å². The highest BCUT2D eigenvalue weighted by atomic mass is 32.2. The lowest BCUT2D eigenvalue weighted by Gasteiger charge is -2.32. The molecule has 1 aromatic rings. The molecule has 110 valence electrons. The van der Waals surface area contributed by atoms with E-state index >= 15 is 0 Å². The first-order valence-corrected chi connectivity index (χ1v) is 8.11. The molecular formula is C13H18N2O4S. The van der Waals surface area contributed by atoms with Crippen molar-refractivity contribution in [1.29, 1.82) is 0 Å². The molecule has 0 radical (unpaired) electrons. The smallest absolute Gasteiger partial charge is 0.253 e. The number of ether oxygens (including phenoxy) is 1. The van der Waals surface area contributed by atoms with Crippen molar-refractivity contribution in [3.05, 3.63) is 30.3 Å². The summed E-state index contributed by atoms with van der Waals surface area (Å²) < 4.78 is 30.7. The molecule has 7 heteroatoms. The monoisotopic (exact) mass is 298 g/mol. The summed E-state index contributed by atoms with van der Waals surface area (Å²) >= 11 is 0. The van der Waals surface area contributed by atoms with E-state index in [1.165, 1.54) is 0 Å². The molecule has 1 saturated heterocycles. The van der Waals surface area contributed by atoms with Crippen molar-refractivity contribution in [2.75, 3.05) is 30.3 Å². The molecule has 0 spiro atoms. The van der Waals surface area contributed by atoms with Crippen LogP contribution in [0.3, 0.4) is 0 Å². The summed E-state index contributed by atoms with van der Waals surface area (Å²) in [4.78, 5) is 13.5. The molecule has 1 heterocycles. The minimum atomic E-state index is -3.25. The van der Waals surface area contributed by atoms with Crippen molar-refractivity contribution in [3.8, 4) is 0 Å². The molecule has 2 rings (SSSR count). The lowest BCUT2D eigenvalue weighted by Crippen LogP contribution is -2.50. The summed E-state index contributed by atoms with van der Waals surface area (Å²) in [6, 6.07) is 9.27. The van der Waals surface area contributed by atoms with Gasteiger partial charge in [0.1, 0.15) is 6.61 Å². The van der Waals surface area contributed by atoms with Crippen LogP contribution in [0.15, 0.2) is 30.3 Å². The molecule has 1 unspecified atom stereocenters. The Morgan fingerprint density at radius 1 is 1.35 bits per heavy atom. The fraction of sp³-hybridized carbons (Fsp3) is 0.462. The predicted octanol–water partition coefficient (Wildman–Crippen LogP) is 0.358. The van der Waals surface area contributed by atoms with E-state index in [2.05, 4.69) is 4.72 Å². The Morgan fingerprint density at radius 2 is 2.05 bits per heavy atom. The van der Waals surface area contributed by atoms with Crippen LogP contribution in [0, 0.1) is 0 Å². The van der Waals surface area contributed by atoms with E-state index in [4.69, 9.17) is 4.74 Å². The zero-order valence-corrected chi connectivity index (χ0v) is 12.1. The average Bonchev–Trinajstić information content (AvgIpc) is 2.47. The van der Waals surface area contributed by atoms with Gasteiger partial charge in [-0.2, -0.15) is 0 Å². The van der Waals surface area contributed by atoms with Gasteiger partial charge < -0.3 is 9.64 Å². The van der Waals surface area contributed by atoms with Crippen LogP contribution in [0.1, 0.15) is 6.92 Å². The molecule has 1 aliphatic heterocycles. The van der Waals surface area contributed by atoms with Crippen molar-refractivity contribution in [1.82, 2.24) is 4.72 Å². The van der Waals surface area contributed by atoms with Crippen LogP contribution in [0.25, 0.3) is 0 Å². The number of nitrogens with zero attached hydrogens (tertiary/aromatic N) is 1. The van der Waals surface area contributed by atoms with Crippen LogP contribution >= 0.6 is 0 Å². The fourth-order valence-electron chi connectivity index (χ4n) is 1.93. The maximum absolute atomic E-state index is 11.9. The molecule has 1 aromatic carbocycles. The molecule has 0 saturated carbocycles. The van der Waals surface area contributed by atoms with E-state index in [1.807, 2.05) is 30.3 Å². The number of hydrogen-bond donors (Lipinski definition) is 1. The number of benzene rings is 1. The molecule has 1 amide bonds. The van der Waals surface area contributed by atoms with E-state index in [1.54, 1.807) is 11.8 Å². The van der Waals surface area contributed by atoms with Gasteiger partial charge >= 0.3 is 0 Å². The van der Waals surface area contributed by atoms with E-state index in [9.17, 15) is 13.2 Å². The first-order chi connectivity index (χ1) is 9.52. The van der Waals surface area contributed by atoms with Gasteiger partial charge in [0.2, 0.25) is 10.0 Å². The van der Waals surface area contributed by atoms with E-state index in [0.717, 1.165) is 5.69 Å². The Balaban J connectivity index is 2.00. The van der Waals surface area contributed by atoms with Crippen LogP contribution in [-0.4, -0.2) is 45.9 Å². The second-order valence-corrected chi connectivity index (χ2v) is 6.62. The molecule has 6 nitrogen and oxygen atoms in total. The van der Waals surface area contributed by atoms with Gasteiger partial charge in [-0.15, -0.1) is 0 Å². The van der Waals surface area contributed by atoms with Crippen LogP contribution in [0.5, 0.6) is 0 Å². The Kier molecular flexibility index (Phi) is 4.74. The van der Waals surface area contributed by atoms with Crippen molar-refractivity contribution >= 4 is 21.6 Å². The number of morpholine rings is 1. The number of nitrogens with one attached hydrogen (secondary N) is 1. The highest BCUT2D eigenvalue weighted by molar-refractivity contribution is 7.89. The van der Waals surface area contributed by atoms with Crippen molar-refractivity contribution in [3.63, 3.8) is 0 Å². The van der Waals surface area contributed by atoms with Crippen LogP contribution in [0.4, 0.5) is 5.69 Å². The Morgan fingerprint density at radius 3 is 2.70 bits per heavy atom. The fourth-order valence-corrected chi connectivity index (χ4v) is 2.57. The van der Waals surface area contributed by atoms with Crippen LogP contribution < -0.4 is 9.62 Å². The summed E-state index contributed by atoms with van der Waals surface area (Å²) in [6.07, 6.45) is -0.339. The van der Waals surface area contributed by atoms with Crippen LogP contribution in [0.2, 0.25) is 0 Å². The molecule has 1 atom stereocenters. The normalized spacial score (nSPS) is 20.1. The van der Waals surface area contributed by atoms with Crippen LogP contribution in [-0.2, 0) is 19.6 Å². The molecule has 0 aliphatic carbocycles. The molecule has 1 fully saturated rings. The highest BCUT2D eigenvalue weighted by Crippen LogP contribution is 2.17. The minimum Gasteiger partial charge on any atom is -0.365 e. The topological polar surface area (TPSA) is 75.7 Å². The maximum Gasteiger partial charge on any atom is 0.253 e. The Labute approximate surface area is 118 Å². The van der Waals surface area contributed by atoms with Gasteiger partial charge in [0.15, 0.2) is 0 Å².